The van der Waals surface area contributed by atoms with Crippen LogP contribution in [0.25, 0.3) is 0 Å². The molecule has 0 aromatic heterocycles. The van der Waals surface area contributed by atoms with Crippen molar-refractivity contribution >= 4 is 11.6 Å². The lowest BCUT2D eigenvalue weighted by Crippen LogP contribution is -2.39. The molecule has 1 aromatic carbocycles. The molecule has 18 heavy (non-hydrogen) atoms. The summed E-state index contributed by atoms with van der Waals surface area (Å²) in [5, 5.41) is 0.683. The second-order valence-electron chi connectivity index (χ2n) is 5.23. The average Bonchev–Trinajstić information content (AvgIpc) is 2.38. The first-order chi connectivity index (χ1) is 8.60. The van der Waals surface area contributed by atoms with Crippen LogP contribution in [0.15, 0.2) is 12.1 Å². The van der Waals surface area contributed by atoms with E-state index in [1.165, 1.54) is 24.8 Å². The molecule has 0 aliphatic heterocycles. The van der Waals surface area contributed by atoms with E-state index < -0.39 is 0 Å². The number of aryl methyl sites for hydroxylation is 1. The summed E-state index contributed by atoms with van der Waals surface area (Å²) in [4.78, 5) is 0. The Bertz CT molecular complexity index is 425. The van der Waals surface area contributed by atoms with Crippen molar-refractivity contribution in [3.8, 4) is 5.75 Å². The lowest BCUT2D eigenvalue weighted by atomic mass is 9.76. The lowest BCUT2D eigenvalue weighted by Gasteiger charge is -2.35. The van der Waals surface area contributed by atoms with E-state index in [4.69, 9.17) is 22.1 Å². The fraction of sp³-hybridized carbons (Fsp3) is 0.600. The number of methoxy groups -OCH3 is 1. The van der Waals surface area contributed by atoms with Gasteiger partial charge in [0, 0.05) is 11.1 Å². The van der Waals surface area contributed by atoms with Crippen molar-refractivity contribution in [1.82, 2.24) is 0 Å². The summed E-state index contributed by atoms with van der Waals surface area (Å²) in [6.07, 6.45) is 6.66. The number of halogens is 1. The molecule has 2 nitrogen and oxygen atoms in total. The van der Waals surface area contributed by atoms with Gasteiger partial charge in [0.2, 0.25) is 0 Å². The minimum absolute atomic E-state index is 0.265. The van der Waals surface area contributed by atoms with Crippen LogP contribution in [0.5, 0.6) is 5.75 Å². The third kappa shape index (κ3) is 2.50. The van der Waals surface area contributed by atoms with E-state index >= 15 is 0 Å². The van der Waals surface area contributed by atoms with Crippen molar-refractivity contribution in [2.24, 2.45) is 5.73 Å². The number of hydrogen-bond donors (Lipinski definition) is 1. The highest BCUT2D eigenvalue weighted by Gasteiger charge is 2.33. The second-order valence-corrected chi connectivity index (χ2v) is 5.64. The molecule has 0 radical (unpaired) electrons. The number of hydrogen-bond acceptors (Lipinski definition) is 2. The molecule has 0 heterocycles. The standard InChI is InChI=1S/C15H22ClNO/c1-3-11-9-12(14(18-2)13(16)10-11)15(17)7-5-4-6-8-15/h9-10H,3-8,17H2,1-2H3. The van der Waals surface area contributed by atoms with Gasteiger partial charge < -0.3 is 10.5 Å². The van der Waals surface area contributed by atoms with Crippen LogP contribution in [-0.4, -0.2) is 7.11 Å². The van der Waals surface area contributed by atoms with E-state index in [0.717, 1.165) is 30.6 Å². The summed E-state index contributed by atoms with van der Waals surface area (Å²) in [6.45, 7) is 2.13. The molecule has 2 N–H and O–H groups in total. The summed E-state index contributed by atoms with van der Waals surface area (Å²) >= 11 is 6.31. The fourth-order valence-electron chi connectivity index (χ4n) is 2.88. The van der Waals surface area contributed by atoms with Gasteiger partial charge in [0.1, 0.15) is 5.75 Å². The first-order valence-corrected chi connectivity index (χ1v) is 7.14. The van der Waals surface area contributed by atoms with Crippen molar-refractivity contribution in [3.63, 3.8) is 0 Å². The molecule has 2 rings (SSSR count). The number of rotatable bonds is 3. The lowest BCUT2D eigenvalue weighted by molar-refractivity contribution is 0.289. The van der Waals surface area contributed by atoms with E-state index in [1.807, 2.05) is 6.07 Å². The quantitative estimate of drug-likeness (QED) is 0.897. The molecule has 0 bridgehead atoms. The molecular weight excluding hydrogens is 246 g/mol. The Morgan fingerprint density at radius 3 is 2.50 bits per heavy atom. The zero-order valence-electron chi connectivity index (χ0n) is 11.3. The molecule has 1 saturated carbocycles. The van der Waals surface area contributed by atoms with Gasteiger partial charge in [0.25, 0.3) is 0 Å². The van der Waals surface area contributed by atoms with Gasteiger partial charge in [-0.25, -0.2) is 0 Å². The highest BCUT2D eigenvalue weighted by molar-refractivity contribution is 6.32. The van der Waals surface area contributed by atoms with Gasteiger partial charge in [0.05, 0.1) is 12.1 Å². The van der Waals surface area contributed by atoms with Crippen LogP contribution in [0.4, 0.5) is 0 Å². The van der Waals surface area contributed by atoms with Crippen molar-refractivity contribution in [2.45, 2.75) is 51.0 Å². The van der Waals surface area contributed by atoms with Crippen LogP contribution in [0.3, 0.4) is 0 Å². The van der Waals surface area contributed by atoms with E-state index in [1.54, 1.807) is 7.11 Å². The van der Waals surface area contributed by atoms with Crippen LogP contribution in [0, 0.1) is 0 Å². The minimum Gasteiger partial charge on any atom is -0.495 e. The third-order valence-electron chi connectivity index (χ3n) is 4.00. The van der Waals surface area contributed by atoms with Crippen LogP contribution in [0.1, 0.15) is 50.2 Å². The minimum atomic E-state index is -0.265. The predicted octanol–water partition coefficient (Wildman–Crippen LogP) is 4.03. The molecule has 1 aliphatic rings. The monoisotopic (exact) mass is 267 g/mol. The van der Waals surface area contributed by atoms with Gasteiger partial charge in [-0.2, -0.15) is 0 Å². The van der Waals surface area contributed by atoms with E-state index in [2.05, 4.69) is 13.0 Å². The maximum Gasteiger partial charge on any atom is 0.142 e. The number of nitrogens with two attached hydrogens (primary N) is 1. The fourth-order valence-corrected chi connectivity index (χ4v) is 3.20. The first kappa shape index (κ1) is 13.7. The Hall–Kier alpha value is -0.730. The van der Waals surface area contributed by atoms with E-state index in [-0.39, 0.29) is 5.54 Å². The van der Waals surface area contributed by atoms with Crippen molar-refractivity contribution in [1.29, 1.82) is 0 Å². The van der Waals surface area contributed by atoms with E-state index in [0.29, 0.717) is 5.02 Å². The average molecular weight is 268 g/mol. The normalized spacial score (nSPS) is 18.7. The zero-order valence-corrected chi connectivity index (χ0v) is 12.0. The molecule has 0 saturated heterocycles. The van der Waals surface area contributed by atoms with Crippen molar-refractivity contribution < 1.29 is 4.74 Å². The predicted molar refractivity (Wildman–Crippen MR) is 76.3 cm³/mol. The van der Waals surface area contributed by atoms with Gasteiger partial charge in [-0.05, 0) is 30.9 Å². The molecule has 0 amide bonds. The first-order valence-electron chi connectivity index (χ1n) is 6.76. The third-order valence-corrected chi connectivity index (χ3v) is 4.28. The molecule has 100 valence electrons. The smallest absolute Gasteiger partial charge is 0.142 e. The highest BCUT2D eigenvalue weighted by Crippen LogP contribution is 2.42. The van der Waals surface area contributed by atoms with Crippen LogP contribution in [0.2, 0.25) is 5.02 Å². The summed E-state index contributed by atoms with van der Waals surface area (Å²) in [5.74, 6) is 0.762. The zero-order chi connectivity index (χ0) is 13.2. The van der Waals surface area contributed by atoms with Gasteiger partial charge in [-0.1, -0.05) is 43.9 Å². The second kappa shape index (κ2) is 5.50. The number of benzene rings is 1. The molecular formula is C15H22ClNO. The Labute approximate surface area is 114 Å². The van der Waals surface area contributed by atoms with E-state index in [9.17, 15) is 0 Å². The van der Waals surface area contributed by atoms with Crippen LogP contribution < -0.4 is 10.5 Å². The SMILES string of the molecule is CCc1cc(Cl)c(OC)c(C2(N)CCCCC2)c1. The molecule has 3 heteroatoms. The maximum atomic E-state index is 6.61. The Morgan fingerprint density at radius 1 is 1.28 bits per heavy atom. The van der Waals surface area contributed by atoms with Gasteiger partial charge >= 0.3 is 0 Å². The molecule has 0 spiro atoms. The number of ether oxygens (including phenoxy) is 1. The summed E-state index contributed by atoms with van der Waals surface area (Å²) in [6, 6.07) is 4.16. The van der Waals surface area contributed by atoms with Gasteiger partial charge in [0.15, 0.2) is 0 Å². The summed E-state index contributed by atoms with van der Waals surface area (Å²) in [7, 11) is 1.67. The van der Waals surface area contributed by atoms with Crippen molar-refractivity contribution in [2.75, 3.05) is 7.11 Å². The Morgan fingerprint density at radius 2 is 1.94 bits per heavy atom. The van der Waals surface area contributed by atoms with Gasteiger partial charge in [-0.15, -0.1) is 0 Å². The van der Waals surface area contributed by atoms with Crippen LogP contribution in [-0.2, 0) is 12.0 Å². The van der Waals surface area contributed by atoms with Gasteiger partial charge in [-0.3, -0.25) is 0 Å². The Balaban J connectivity index is 2.49. The summed E-state index contributed by atoms with van der Waals surface area (Å²) in [5.41, 5.74) is 8.66. The Kier molecular flexibility index (Phi) is 4.18. The summed E-state index contributed by atoms with van der Waals surface area (Å²) < 4.78 is 5.48. The topological polar surface area (TPSA) is 35.2 Å². The molecule has 1 aromatic rings. The molecule has 0 unspecified atom stereocenters. The van der Waals surface area contributed by atoms with Crippen LogP contribution >= 0.6 is 11.6 Å². The molecule has 1 aliphatic carbocycles. The maximum absolute atomic E-state index is 6.61. The largest absolute Gasteiger partial charge is 0.495 e. The molecule has 0 atom stereocenters. The van der Waals surface area contributed by atoms with Crippen molar-refractivity contribution in [3.05, 3.63) is 28.3 Å². The highest BCUT2D eigenvalue weighted by atomic mass is 35.5. The molecule has 1 fully saturated rings.